The van der Waals surface area contributed by atoms with E-state index < -0.39 is 5.76 Å². The minimum absolute atomic E-state index is 0.270. The van der Waals surface area contributed by atoms with E-state index in [0.29, 0.717) is 27.7 Å². The summed E-state index contributed by atoms with van der Waals surface area (Å²) in [6.07, 6.45) is 0. The van der Waals surface area contributed by atoms with Crippen LogP contribution in [0.25, 0.3) is 17.1 Å². The first kappa shape index (κ1) is 18.7. The summed E-state index contributed by atoms with van der Waals surface area (Å²) in [5, 5.41) is 11.5. The summed E-state index contributed by atoms with van der Waals surface area (Å²) in [5.74, 6) is -0.619. The third kappa shape index (κ3) is 3.70. The van der Waals surface area contributed by atoms with Crippen molar-refractivity contribution in [2.24, 2.45) is 0 Å². The van der Waals surface area contributed by atoms with Gasteiger partial charge in [-0.15, -0.1) is 0 Å². The summed E-state index contributed by atoms with van der Waals surface area (Å²) in [7, 11) is 0. The number of aromatic nitrogens is 4. The van der Waals surface area contributed by atoms with Crippen molar-refractivity contribution in [1.29, 1.82) is 0 Å². The van der Waals surface area contributed by atoms with E-state index in [2.05, 4.69) is 25.1 Å². The van der Waals surface area contributed by atoms with E-state index in [0.717, 1.165) is 17.1 Å². The maximum atomic E-state index is 12.6. The van der Waals surface area contributed by atoms with Gasteiger partial charge in [-0.1, -0.05) is 28.9 Å². The third-order valence-electron chi connectivity index (χ3n) is 4.41. The monoisotopic (exact) mass is 409 g/mol. The van der Waals surface area contributed by atoms with E-state index in [9.17, 15) is 9.59 Å². The largest absolute Gasteiger partial charge is 0.439 e. The number of carbonyl (C=O) groups excluding carboxylic acids is 1. The number of hydrogen-bond donors (Lipinski definition) is 2. The van der Waals surface area contributed by atoms with Gasteiger partial charge >= 0.3 is 5.76 Å². The van der Waals surface area contributed by atoms with Crippen LogP contribution in [0.15, 0.2) is 57.8 Å². The first-order valence-electron chi connectivity index (χ1n) is 8.72. The maximum Gasteiger partial charge on any atom is 0.439 e. The molecule has 4 rings (SSSR count). The summed E-state index contributed by atoms with van der Waals surface area (Å²) in [6, 6.07) is 14.0. The minimum Gasteiger partial charge on any atom is -0.322 e. The highest BCUT2D eigenvalue weighted by molar-refractivity contribution is 6.31. The molecule has 29 heavy (non-hydrogen) atoms. The van der Waals surface area contributed by atoms with Crippen LogP contribution >= 0.6 is 11.6 Å². The van der Waals surface area contributed by atoms with Gasteiger partial charge in [-0.25, -0.2) is 9.48 Å². The second-order valence-corrected chi connectivity index (χ2v) is 6.80. The Bertz CT molecular complexity index is 1250. The van der Waals surface area contributed by atoms with Crippen molar-refractivity contribution in [3.05, 3.63) is 81.1 Å². The molecule has 8 nitrogen and oxygen atoms in total. The van der Waals surface area contributed by atoms with Crippen LogP contribution in [0.4, 0.5) is 5.69 Å². The molecule has 4 aromatic rings. The summed E-state index contributed by atoms with van der Waals surface area (Å²) in [6.45, 7) is 3.73. The molecule has 0 saturated heterocycles. The number of hydrogen-bond acceptors (Lipinski definition) is 5. The van der Waals surface area contributed by atoms with E-state index in [-0.39, 0.29) is 5.91 Å². The predicted molar refractivity (Wildman–Crippen MR) is 109 cm³/mol. The van der Waals surface area contributed by atoms with Gasteiger partial charge < -0.3 is 5.32 Å². The number of rotatable bonds is 4. The normalized spacial score (nSPS) is 10.9. The van der Waals surface area contributed by atoms with Crippen LogP contribution in [-0.4, -0.2) is 25.8 Å². The molecule has 9 heteroatoms. The lowest BCUT2D eigenvalue weighted by Crippen LogP contribution is -2.12. The van der Waals surface area contributed by atoms with Crippen molar-refractivity contribution in [1.82, 2.24) is 19.9 Å². The Kier molecular flexibility index (Phi) is 4.77. The molecule has 0 aliphatic heterocycles. The average molecular weight is 410 g/mol. The Hall–Kier alpha value is -3.65. The molecule has 2 N–H and O–H groups in total. The molecule has 2 aromatic carbocycles. The SMILES string of the molecule is Cc1nn(-c2ccc(C(=O)Nc3cccc(-c4noc(=O)[nH]4)c3)cc2)c(C)c1Cl. The fraction of sp³-hybridized carbons (Fsp3) is 0.100. The summed E-state index contributed by atoms with van der Waals surface area (Å²) in [4.78, 5) is 26.2. The number of carbonyl (C=O) groups is 1. The zero-order valence-corrected chi connectivity index (χ0v) is 16.3. The fourth-order valence-corrected chi connectivity index (χ4v) is 3.05. The molecular weight excluding hydrogens is 394 g/mol. The van der Waals surface area contributed by atoms with E-state index in [4.69, 9.17) is 11.6 Å². The molecule has 146 valence electrons. The smallest absolute Gasteiger partial charge is 0.322 e. The van der Waals surface area contributed by atoms with Crippen LogP contribution in [-0.2, 0) is 0 Å². The van der Waals surface area contributed by atoms with Crippen molar-refractivity contribution in [2.75, 3.05) is 5.32 Å². The molecule has 0 aliphatic carbocycles. The molecule has 0 radical (unpaired) electrons. The minimum atomic E-state index is -0.640. The lowest BCUT2D eigenvalue weighted by Gasteiger charge is -2.08. The number of nitrogens with one attached hydrogen (secondary N) is 2. The number of aromatic amines is 1. The molecule has 0 fully saturated rings. The second kappa shape index (κ2) is 7.40. The van der Waals surface area contributed by atoms with Crippen LogP contribution in [0, 0.1) is 13.8 Å². The Morgan fingerprint density at radius 1 is 1.17 bits per heavy atom. The predicted octanol–water partition coefficient (Wildman–Crippen LogP) is 3.74. The van der Waals surface area contributed by atoms with Gasteiger partial charge in [-0.3, -0.25) is 14.3 Å². The van der Waals surface area contributed by atoms with Gasteiger partial charge in [0.25, 0.3) is 5.91 Å². The van der Waals surface area contributed by atoms with Crippen molar-refractivity contribution >= 4 is 23.2 Å². The number of H-pyrrole nitrogens is 1. The van der Waals surface area contributed by atoms with E-state index in [1.165, 1.54) is 0 Å². The van der Waals surface area contributed by atoms with E-state index in [1.807, 2.05) is 13.8 Å². The highest BCUT2D eigenvalue weighted by Gasteiger charge is 2.12. The average Bonchev–Trinajstić information content (AvgIpc) is 3.27. The molecule has 0 bridgehead atoms. The second-order valence-electron chi connectivity index (χ2n) is 6.42. The number of aryl methyl sites for hydroxylation is 1. The molecular formula is C20H16ClN5O3. The van der Waals surface area contributed by atoms with Crippen molar-refractivity contribution in [3.63, 3.8) is 0 Å². The summed E-state index contributed by atoms with van der Waals surface area (Å²) < 4.78 is 6.25. The maximum absolute atomic E-state index is 12.6. The lowest BCUT2D eigenvalue weighted by atomic mass is 10.1. The molecule has 0 saturated carbocycles. The molecule has 0 aliphatic rings. The number of benzene rings is 2. The first-order valence-corrected chi connectivity index (χ1v) is 9.10. The standard InChI is InChI=1S/C20H16ClN5O3/c1-11-17(21)12(2)26(24-11)16-8-6-13(7-9-16)19(27)22-15-5-3-4-14(10-15)18-23-20(28)29-25-18/h3-10H,1-2H3,(H,22,27)(H,23,25,28). The van der Waals surface area contributed by atoms with Crippen LogP contribution in [0.3, 0.4) is 0 Å². The molecule has 2 heterocycles. The zero-order valence-electron chi connectivity index (χ0n) is 15.6. The van der Waals surface area contributed by atoms with E-state index >= 15 is 0 Å². The topological polar surface area (TPSA) is 106 Å². The molecule has 0 atom stereocenters. The molecule has 0 unspecified atom stereocenters. The van der Waals surface area contributed by atoms with Crippen LogP contribution in [0.1, 0.15) is 21.7 Å². The van der Waals surface area contributed by atoms with Crippen LogP contribution in [0.5, 0.6) is 0 Å². The van der Waals surface area contributed by atoms with Crippen molar-refractivity contribution in [3.8, 4) is 17.1 Å². The number of halogens is 1. The summed E-state index contributed by atoms with van der Waals surface area (Å²) >= 11 is 6.20. The van der Waals surface area contributed by atoms with Gasteiger partial charge in [-0.05, 0) is 50.2 Å². The Morgan fingerprint density at radius 2 is 1.93 bits per heavy atom. The fourth-order valence-electron chi connectivity index (χ4n) is 2.93. The molecule has 1 amide bonds. The van der Waals surface area contributed by atoms with Crippen molar-refractivity contribution < 1.29 is 9.32 Å². The quantitative estimate of drug-likeness (QED) is 0.534. The van der Waals surface area contributed by atoms with Crippen LogP contribution < -0.4 is 11.1 Å². The number of anilines is 1. The lowest BCUT2D eigenvalue weighted by molar-refractivity contribution is 0.102. The van der Waals surface area contributed by atoms with Gasteiger partial charge in [-0.2, -0.15) is 5.10 Å². The molecule has 2 aromatic heterocycles. The highest BCUT2D eigenvalue weighted by Crippen LogP contribution is 2.23. The van der Waals surface area contributed by atoms with Gasteiger partial charge in [0, 0.05) is 16.8 Å². The van der Waals surface area contributed by atoms with Gasteiger partial charge in [0.05, 0.1) is 22.1 Å². The van der Waals surface area contributed by atoms with Gasteiger partial charge in [0.2, 0.25) is 0 Å². The Morgan fingerprint density at radius 3 is 2.55 bits per heavy atom. The van der Waals surface area contributed by atoms with E-state index in [1.54, 1.807) is 53.2 Å². The number of nitrogens with zero attached hydrogens (tertiary/aromatic N) is 3. The summed E-state index contributed by atoms with van der Waals surface area (Å²) in [5.41, 5.74) is 4.06. The third-order valence-corrected chi connectivity index (χ3v) is 4.96. The van der Waals surface area contributed by atoms with Gasteiger partial charge in [0.15, 0.2) is 5.82 Å². The highest BCUT2D eigenvalue weighted by atomic mass is 35.5. The van der Waals surface area contributed by atoms with Crippen LogP contribution in [0.2, 0.25) is 5.02 Å². The Labute approximate surface area is 170 Å². The number of amides is 1. The first-order chi connectivity index (χ1) is 13.9. The Balaban J connectivity index is 1.53. The molecule has 0 spiro atoms. The van der Waals surface area contributed by atoms with Gasteiger partial charge in [0.1, 0.15) is 0 Å². The zero-order chi connectivity index (χ0) is 20.5. The van der Waals surface area contributed by atoms with Crippen molar-refractivity contribution in [2.45, 2.75) is 13.8 Å².